The van der Waals surface area contributed by atoms with Crippen molar-refractivity contribution < 1.29 is 4.79 Å². The quantitative estimate of drug-likeness (QED) is 0.852. The topological polar surface area (TPSA) is 58.7 Å². The van der Waals surface area contributed by atoms with E-state index in [1.807, 2.05) is 42.3 Å². The molecule has 0 atom stereocenters. The molecule has 2 aromatic carbocycles. The Morgan fingerprint density at radius 2 is 1.95 bits per heavy atom. The number of hydrogen-bond acceptors (Lipinski definition) is 3. The third-order valence-corrected chi connectivity index (χ3v) is 2.93. The summed E-state index contributed by atoms with van der Waals surface area (Å²) in [6.07, 6.45) is 0. The van der Waals surface area contributed by atoms with Crippen LogP contribution < -0.4 is 10.6 Å². The number of anilines is 2. The second-order valence-corrected chi connectivity index (χ2v) is 4.12. The molecule has 19 heavy (non-hydrogen) atoms. The van der Waals surface area contributed by atoms with Crippen molar-refractivity contribution in [3.8, 4) is 0 Å². The van der Waals surface area contributed by atoms with Gasteiger partial charge in [0.05, 0.1) is 11.4 Å². The van der Waals surface area contributed by atoms with Crippen LogP contribution >= 0.6 is 0 Å². The van der Waals surface area contributed by atoms with Crippen LogP contribution in [0.15, 0.2) is 53.5 Å². The maximum Gasteiger partial charge on any atom is 0.248 e. The number of para-hydroxylation sites is 2. The molecule has 0 saturated heterocycles. The van der Waals surface area contributed by atoms with Gasteiger partial charge in [-0.2, -0.15) is 0 Å². The van der Waals surface area contributed by atoms with Crippen molar-refractivity contribution in [3.05, 3.63) is 54.1 Å². The molecule has 2 rings (SSSR count). The van der Waals surface area contributed by atoms with Gasteiger partial charge in [0, 0.05) is 18.3 Å². The van der Waals surface area contributed by atoms with Crippen molar-refractivity contribution in [1.82, 2.24) is 0 Å². The van der Waals surface area contributed by atoms with Gasteiger partial charge in [-0.1, -0.05) is 18.2 Å². The van der Waals surface area contributed by atoms with Gasteiger partial charge < -0.3 is 10.6 Å². The Bertz CT molecular complexity index is 622. The number of carbonyl (C=O) groups excluding carboxylic acids is 1. The summed E-state index contributed by atoms with van der Waals surface area (Å²) in [6.45, 7) is 3.56. The lowest BCUT2D eigenvalue weighted by atomic mass is 10.1. The molecular weight excluding hydrogens is 238 g/mol. The number of amides is 1. The molecule has 4 nitrogen and oxygen atoms in total. The maximum absolute atomic E-state index is 11.2. The van der Waals surface area contributed by atoms with E-state index in [9.17, 15) is 4.79 Å². The van der Waals surface area contributed by atoms with E-state index in [1.165, 1.54) is 0 Å². The van der Waals surface area contributed by atoms with Gasteiger partial charge in [0.2, 0.25) is 5.91 Å². The van der Waals surface area contributed by atoms with Crippen LogP contribution in [0.4, 0.5) is 17.1 Å². The van der Waals surface area contributed by atoms with Crippen molar-refractivity contribution in [2.24, 2.45) is 10.7 Å². The average molecular weight is 253 g/mol. The molecule has 0 spiro atoms. The Morgan fingerprint density at radius 3 is 2.63 bits per heavy atom. The van der Waals surface area contributed by atoms with E-state index in [0.29, 0.717) is 5.56 Å². The maximum atomic E-state index is 11.2. The summed E-state index contributed by atoms with van der Waals surface area (Å²) in [5.74, 6) is -0.439. The van der Waals surface area contributed by atoms with Crippen molar-refractivity contribution in [2.45, 2.75) is 0 Å². The molecule has 0 aliphatic carbocycles. The molecule has 1 amide bonds. The zero-order valence-corrected chi connectivity index (χ0v) is 10.7. The lowest BCUT2D eigenvalue weighted by molar-refractivity contribution is 0.100. The van der Waals surface area contributed by atoms with Gasteiger partial charge in [-0.25, -0.2) is 0 Å². The van der Waals surface area contributed by atoms with Crippen molar-refractivity contribution >= 4 is 29.7 Å². The summed E-state index contributed by atoms with van der Waals surface area (Å²) in [4.78, 5) is 17.1. The highest BCUT2D eigenvalue weighted by Gasteiger charge is 2.09. The zero-order chi connectivity index (χ0) is 13.8. The molecule has 0 bridgehead atoms. The molecule has 96 valence electrons. The monoisotopic (exact) mass is 253 g/mol. The molecule has 0 aliphatic heterocycles. The Kier molecular flexibility index (Phi) is 3.61. The van der Waals surface area contributed by atoms with Gasteiger partial charge in [-0.3, -0.25) is 9.79 Å². The number of hydrogen-bond donors (Lipinski definition) is 1. The van der Waals surface area contributed by atoms with E-state index in [1.54, 1.807) is 18.2 Å². The smallest absolute Gasteiger partial charge is 0.248 e. The zero-order valence-electron chi connectivity index (χ0n) is 10.7. The minimum absolute atomic E-state index is 0.439. The Hall–Kier alpha value is -2.62. The van der Waals surface area contributed by atoms with Crippen LogP contribution in [0.25, 0.3) is 0 Å². The minimum Gasteiger partial charge on any atom is -0.366 e. The molecule has 0 fully saturated rings. The lowest BCUT2D eigenvalue weighted by Gasteiger charge is -2.21. The van der Waals surface area contributed by atoms with Crippen LogP contribution in [0.1, 0.15) is 10.4 Å². The first-order chi connectivity index (χ1) is 9.13. The average Bonchev–Trinajstić information content (AvgIpc) is 2.46. The van der Waals surface area contributed by atoms with Crippen LogP contribution in [-0.4, -0.2) is 19.7 Å². The summed E-state index contributed by atoms with van der Waals surface area (Å²) < 4.78 is 0. The van der Waals surface area contributed by atoms with Gasteiger partial charge in [0.25, 0.3) is 0 Å². The SMILES string of the molecule is C=Nc1ccccc1N(C)c1cccc(C(N)=O)c1. The molecule has 0 aromatic heterocycles. The first kappa shape index (κ1) is 12.8. The molecule has 4 heteroatoms. The highest BCUT2D eigenvalue weighted by atomic mass is 16.1. The predicted octanol–water partition coefficient (Wildman–Crippen LogP) is 2.89. The Morgan fingerprint density at radius 1 is 1.21 bits per heavy atom. The van der Waals surface area contributed by atoms with Crippen LogP contribution in [0, 0.1) is 0 Å². The predicted molar refractivity (Wildman–Crippen MR) is 78.7 cm³/mol. The molecule has 2 aromatic rings. The fraction of sp³-hybridized carbons (Fsp3) is 0.0667. The van der Waals surface area contributed by atoms with Gasteiger partial charge >= 0.3 is 0 Å². The second-order valence-electron chi connectivity index (χ2n) is 4.12. The van der Waals surface area contributed by atoms with Crippen LogP contribution in [0.5, 0.6) is 0 Å². The van der Waals surface area contributed by atoms with E-state index in [0.717, 1.165) is 17.1 Å². The summed E-state index contributed by atoms with van der Waals surface area (Å²) in [7, 11) is 1.91. The van der Waals surface area contributed by atoms with Gasteiger partial charge in [0.15, 0.2) is 0 Å². The molecule has 0 unspecified atom stereocenters. The summed E-state index contributed by atoms with van der Waals surface area (Å²) in [6, 6.07) is 14.8. The molecular formula is C15H15N3O. The van der Waals surface area contributed by atoms with E-state index >= 15 is 0 Å². The van der Waals surface area contributed by atoms with Crippen LogP contribution in [0.3, 0.4) is 0 Å². The van der Waals surface area contributed by atoms with E-state index < -0.39 is 5.91 Å². The van der Waals surface area contributed by atoms with Crippen molar-refractivity contribution in [2.75, 3.05) is 11.9 Å². The van der Waals surface area contributed by atoms with Crippen molar-refractivity contribution in [1.29, 1.82) is 0 Å². The number of primary amides is 1. The molecule has 2 N–H and O–H groups in total. The second kappa shape index (κ2) is 5.35. The third-order valence-electron chi connectivity index (χ3n) is 2.93. The van der Waals surface area contributed by atoms with Crippen LogP contribution in [-0.2, 0) is 0 Å². The Balaban J connectivity index is 2.43. The van der Waals surface area contributed by atoms with E-state index in [-0.39, 0.29) is 0 Å². The Labute approximate surface area is 112 Å². The first-order valence-corrected chi connectivity index (χ1v) is 5.83. The highest BCUT2D eigenvalue weighted by molar-refractivity contribution is 5.94. The number of carbonyl (C=O) groups is 1. The summed E-state index contributed by atoms with van der Waals surface area (Å²) in [5, 5.41) is 0. The number of benzene rings is 2. The van der Waals surface area contributed by atoms with Gasteiger partial charge in [-0.05, 0) is 37.0 Å². The van der Waals surface area contributed by atoms with Gasteiger partial charge in [0.1, 0.15) is 0 Å². The van der Waals surface area contributed by atoms with E-state index in [2.05, 4.69) is 11.7 Å². The highest BCUT2D eigenvalue weighted by Crippen LogP contribution is 2.32. The molecule has 0 heterocycles. The fourth-order valence-electron chi connectivity index (χ4n) is 1.89. The van der Waals surface area contributed by atoms with Gasteiger partial charge in [-0.15, -0.1) is 0 Å². The fourth-order valence-corrected chi connectivity index (χ4v) is 1.89. The summed E-state index contributed by atoms with van der Waals surface area (Å²) >= 11 is 0. The number of aliphatic imine (C=N–C) groups is 1. The largest absolute Gasteiger partial charge is 0.366 e. The first-order valence-electron chi connectivity index (χ1n) is 5.83. The molecule has 0 saturated carbocycles. The normalized spacial score (nSPS) is 9.95. The third kappa shape index (κ3) is 2.63. The molecule has 0 radical (unpaired) electrons. The standard InChI is InChI=1S/C15H15N3O/c1-17-13-8-3-4-9-14(13)18(2)12-7-5-6-11(10-12)15(16)19/h3-10H,1H2,2H3,(H2,16,19). The summed E-state index contributed by atoms with van der Waals surface area (Å²) in [5.41, 5.74) is 8.34. The van der Waals surface area contributed by atoms with Crippen molar-refractivity contribution in [3.63, 3.8) is 0 Å². The van der Waals surface area contributed by atoms with Crippen LogP contribution in [0.2, 0.25) is 0 Å². The molecule has 0 aliphatic rings. The minimum atomic E-state index is -0.439. The number of nitrogens with zero attached hydrogens (tertiary/aromatic N) is 2. The number of nitrogens with two attached hydrogens (primary N) is 1. The lowest BCUT2D eigenvalue weighted by Crippen LogP contribution is -2.14. The van der Waals surface area contributed by atoms with E-state index in [4.69, 9.17) is 5.73 Å². The number of rotatable bonds is 4.